The largest absolute Gasteiger partial charge is 0.338 e. The summed E-state index contributed by atoms with van der Waals surface area (Å²) in [6.07, 6.45) is 8.78. The molecule has 21 heavy (non-hydrogen) atoms. The van der Waals surface area contributed by atoms with Crippen molar-refractivity contribution in [2.24, 2.45) is 28.9 Å². The van der Waals surface area contributed by atoms with E-state index in [0.717, 1.165) is 24.2 Å². The lowest BCUT2D eigenvalue weighted by molar-refractivity contribution is -0.0136. The van der Waals surface area contributed by atoms with Crippen molar-refractivity contribution in [2.45, 2.75) is 64.3 Å². The van der Waals surface area contributed by atoms with E-state index in [0.29, 0.717) is 13.1 Å². The van der Waals surface area contributed by atoms with Gasteiger partial charge >= 0.3 is 6.03 Å². The van der Waals surface area contributed by atoms with Gasteiger partial charge in [-0.15, -0.1) is 0 Å². The fraction of sp³-hybridized carbons (Fsp3) is 0.941. The van der Waals surface area contributed by atoms with E-state index in [1.54, 1.807) is 0 Å². The lowest BCUT2D eigenvalue weighted by Crippen LogP contribution is -2.61. The highest BCUT2D eigenvalue weighted by Crippen LogP contribution is 2.55. The van der Waals surface area contributed by atoms with Crippen LogP contribution in [0.5, 0.6) is 0 Å². The molecule has 0 aromatic rings. The van der Waals surface area contributed by atoms with E-state index < -0.39 is 0 Å². The van der Waals surface area contributed by atoms with Crippen molar-refractivity contribution in [1.82, 2.24) is 10.6 Å². The van der Waals surface area contributed by atoms with Gasteiger partial charge in [0.05, 0.1) is 0 Å². The van der Waals surface area contributed by atoms with Crippen molar-refractivity contribution in [1.29, 1.82) is 0 Å². The monoisotopic (exact) mass is 293 g/mol. The van der Waals surface area contributed by atoms with Gasteiger partial charge in [0.2, 0.25) is 0 Å². The Morgan fingerprint density at radius 2 is 1.67 bits per heavy atom. The fourth-order valence-corrected chi connectivity index (χ4v) is 5.35. The van der Waals surface area contributed by atoms with Crippen molar-refractivity contribution in [3.05, 3.63) is 0 Å². The smallest absolute Gasteiger partial charge is 0.315 e. The molecule has 4 aliphatic rings. The van der Waals surface area contributed by atoms with Crippen molar-refractivity contribution in [2.75, 3.05) is 13.1 Å². The Hall–Kier alpha value is -0.770. The Morgan fingerprint density at radius 1 is 1.14 bits per heavy atom. The third-order valence-corrected chi connectivity index (χ3v) is 5.97. The van der Waals surface area contributed by atoms with Gasteiger partial charge in [-0.25, -0.2) is 4.79 Å². The van der Waals surface area contributed by atoms with Gasteiger partial charge in [-0.05, 0) is 74.7 Å². The van der Waals surface area contributed by atoms with Crippen LogP contribution in [0.4, 0.5) is 4.79 Å². The van der Waals surface area contributed by atoms with Gasteiger partial charge in [0.15, 0.2) is 0 Å². The summed E-state index contributed by atoms with van der Waals surface area (Å²) in [7, 11) is 0. The van der Waals surface area contributed by atoms with Crippen LogP contribution in [0.2, 0.25) is 0 Å². The second-order valence-corrected chi connectivity index (χ2v) is 8.71. The van der Waals surface area contributed by atoms with Gasteiger partial charge < -0.3 is 16.4 Å². The Morgan fingerprint density at radius 3 is 2.14 bits per heavy atom. The molecule has 0 radical (unpaired) electrons. The lowest BCUT2D eigenvalue weighted by Gasteiger charge is -2.56. The summed E-state index contributed by atoms with van der Waals surface area (Å²) >= 11 is 0. The van der Waals surface area contributed by atoms with Crippen LogP contribution in [-0.4, -0.2) is 24.7 Å². The van der Waals surface area contributed by atoms with Crippen LogP contribution in [0.15, 0.2) is 0 Å². The van der Waals surface area contributed by atoms with E-state index >= 15 is 0 Å². The number of carbonyl (C=O) groups excluding carboxylic acids is 1. The SMILES string of the molecule is CC(C)(CCN)CNC(=O)NC12CC3CC(CC(C3)C1)C2. The maximum Gasteiger partial charge on any atom is 0.315 e. The number of nitrogens with one attached hydrogen (secondary N) is 2. The van der Waals surface area contributed by atoms with Crippen LogP contribution in [0, 0.1) is 23.2 Å². The first-order chi connectivity index (χ1) is 9.90. The molecule has 4 fully saturated rings. The number of urea groups is 1. The molecule has 4 heteroatoms. The minimum Gasteiger partial charge on any atom is -0.338 e. The van der Waals surface area contributed by atoms with E-state index in [9.17, 15) is 4.79 Å². The van der Waals surface area contributed by atoms with Gasteiger partial charge in [-0.3, -0.25) is 0 Å². The molecule has 0 heterocycles. The molecule has 0 unspecified atom stereocenters. The first-order valence-corrected chi connectivity index (χ1v) is 8.66. The van der Waals surface area contributed by atoms with E-state index in [1.807, 2.05) is 0 Å². The normalized spacial score (nSPS) is 37.6. The Labute approximate surface area is 128 Å². The van der Waals surface area contributed by atoms with Gasteiger partial charge in [-0.1, -0.05) is 13.8 Å². The van der Waals surface area contributed by atoms with Crippen molar-refractivity contribution in [3.8, 4) is 0 Å². The maximum absolute atomic E-state index is 12.3. The first-order valence-electron chi connectivity index (χ1n) is 8.66. The van der Waals surface area contributed by atoms with Crippen molar-refractivity contribution < 1.29 is 4.79 Å². The van der Waals surface area contributed by atoms with Gasteiger partial charge in [0, 0.05) is 12.1 Å². The molecule has 0 spiro atoms. The molecule has 0 aromatic heterocycles. The molecule has 4 rings (SSSR count). The molecule has 0 aromatic carbocycles. The molecule has 4 aliphatic carbocycles. The molecule has 4 bridgehead atoms. The summed E-state index contributed by atoms with van der Waals surface area (Å²) < 4.78 is 0. The maximum atomic E-state index is 12.3. The zero-order valence-corrected chi connectivity index (χ0v) is 13.6. The summed E-state index contributed by atoms with van der Waals surface area (Å²) in [5, 5.41) is 6.44. The minimum absolute atomic E-state index is 0.0297. The molecular weight excluding hydrogens is 262 g/mol. The third-order valence-electron chi connectivity index (χ3n) is 5.97. The number of rotatable bonds is 5. The Kier molecular flexibility index (Phi) is 3.93. The molecule has 0 saturated heterocycles. The number of hydrogen-bond acceptors (Lipinski definition) is 2. The van der Waals surface area contributed by atoms with Crippen LogP contribution in [0.3, 0.4) is 0 Å². The van der Waals surface area contributed by atoms with E-state index in [1.165, 1.54) is 38.5 Å². The highest BCUT2D eigenvalue weighted by molar-refractivity contribution is 5.75. The topological polar surface area (TPSA) is 67.1 Å². The zero-order valence-electron chi connectivity index (χ0n) is 13.6. The highest BCUT2D eigenvalue weighted by atomic mass is 16.2. The summed E-state index contributed by atoms with van der Waals surface area (Å²) in [5.74, 6) is 2.60. The number of amides is 2. The van der Waals surface area contributed by atoms with Crippen molar-refractivity contribution >= 4 is 6.03 Å². The molecule has 2 amide bonds. The molecule has 4 nitrogen and oxygen atoms in total. The molecule has 0 atom stereocenters. The zero-order chi connectivity index (χ0) is 15.1. The fourth-order valence-electron chi connectivity index (χ4n) is 5.35. The highest BCUT2D eigenvalue weighted by Gasteiger charge is 2.51. The van der Waals surface area contributed by atoms with Crippen LogP contribution >= 0.6 is 0 Å². The second kappa shape index (κ2) is 5.45. The standard InChI is InChI=1S/C17H31N3O/c1-16(2,3-4-18)11-19-15(21)20-17-8-12-5-13(9-17)7-14(6-12)10-17/h12-14H,3-11,18H2,1-2H3,(H2,19,20,21). The first kappa shape index (κ1) is 15.1. The average Bonchev–Trinajstić information content (AvgIpc) is 2.34. The van der Waals surface area contributed by atoms with Gasteiger partial charge in [-0.2, -0.15) is 0 Å². The number of carbonyl (C=O) groups is 1. The number of nitrogens with two attached hydrogens (primary N) is 1. The molecule has 4 N–H and O–H groups in total. The van der Waals surface area contributed by atoms with E-state index in [-0.39, 0.29) is 17.0 Å². The average molecular weight is 293 g/mol. The predicted octanol–water partition coefficient (Wildman–Crippen LogP) is 2.63. The van der Waals surface area contributed by atoms with E-state index in [4.69, 9.17) is 5.73 Å². The summed E-state index contributed by atoms with van der Waals surface area (Å²) in [6, 6.07) is 0.0297. The number of hydrogen-bond donors (Lipinski definition) is 3. The third kappa shape index (κ3) is 3.36. The van der Waals surface area contributed by atoms with Gasteiger partial charge in [0.1, 0.15) is 0 Å². The summed E-state index contributed by atoms with van der Waals surface area (Å²) in [4.78, 5) is 12.3. The van der Waals surface area contributed by atoms with Crippen LogP contribution in [-0.2, 0) is 0 Å². The van der Waals surface area contributed by atoms with Crippen LogP contribution in [0.1, 0.15) is 58.8 Å². The van der Waals surface area contributed by atoms with Gasteiger partial charge in [0.25, 0.3) is 0 Å². The quantitative estimate of drug-likeness (QED) is 0.729. The second-order valence-electron chi connectivity index (χ2n) is 8.71. The summed E-state index contributed by atoms with van der Waals surface area (Å²) in [5.41, 5.74) is 5.81. The summed E-state index contributed by atoms with van der Waals surface area (Å²) in [6.45, 7) is 5.68. The van der Waals surface area contributed by atoms with Crippen molar-refractivity contribution in [3.63, 3.8) is 0 Å². The van der Waals surface area contributed by atoms with E-state index in [2.05, 4.69) is 24.5 Å². The minimum atomic E-state index is 0.0297. The lowest BCUT2D eigenvalue weighted by atomic mass is 9.53. The van der Waals surface area contributed by atoms with Crippen LogP contribution < -0.4 is 16.4 Å². The Bertz CT molecular complexity index is 370. The Balaban J connectivity index is 1.53. The molecular formula is C17H31N3O. The molecule has 4 saturated carbocycles. The molecule has 0 aliphatic heterocycles. The predicted molar refractivity (Wildman–Crippen MR) is 84.9 cm³/mol. The van der Waals surface area contributed by atoms with Crippen LogP contribution in [0.25, 0.3) is 0 Å². The molecule has 120 valence electrons.